The molecule has 23 heavy (non-hydrogen) atoms. The molecule has 2 aromatic heterocycles. The van der Waals surface area contributed by atoms with Crippen LogP contribution in [0.3, 0.4) is 0 Å². The molecule has 0 aromatic carbocycles. The molecular weight excluding hydrogens is 300 g/mol. The molecule has 0 bridgehead atoms. The van der Waals surface area contributed by atoms with E-state index in [9.17, 15) is 9.59 Å². The minimum absolute atomic E-state index is 0.419. The summed E-state index contributed by atoms with van der Waals surface area (Å²) in [5.41, 5.74) is 0.702. The highest BCUT2D eigenvalue weighted by molar-refractivity contribution is 6.32. The van der Waals surface area contributed by atoms with Crippen molar-refractivity contribution in [1.82, 2.24) is 14.9 Å². The van der Waals surface area contributed by atoms with Crippen LogP contribution >= 0.6 is 0 Å². The van der Waals surface area contributed by atoms with Gasteiger partial charge in [-0.25, -0.2) is 14.8 Å². The van der Waals surface area contributed by atoms with E-state index in [4.69, 9.17) is 4.42 Å². The van der Waals surface area contributed by atoms with Crippen molar-refractivity contribution < 1.29 is 18.7 Å². The number of esters is 1. The molecular formula is C15H16N4O4. The lowest BCUT2D eigenvalue weighted by Crippen LogP contribution is -2.51. The molecule has 1 aliphatic heterocycles. The van der Waals surface area contributed by atoms with Gasteiger partial charge in [0.05, 0.1) is 13.4 Å². The van der Waals surface area contributed by atoms with Crippen LogP contribution < -0.4 is 4.90 Å². The number of carbonyl (C=O) groups excluding carboxylic acids is 2. The van der Waals surface area contributed by atoms with Crippen LogP contribution in [0.5, 0.6) is 0 Å². The van der Waals surface area contributed by atoms with Gasteiger partial charge in [0.1, 0.15) is 5.69 Å². The fourth-order valence-corrected chi connectivity index (χ4v) is 2.39. The van der Waals surface area contributed by atoms with Gasteiger partial charge in [-0.1, -0.05) is 0 Å². The van der Waals surface area contributed by atoms with E-state index in [1.165, 1.54) is 12.0 Å². The van der Waals surface area contributed by atoms with E-state index in [-0.39, 0.29) is 0 Å². The van der Waals surface area contributed by atoms with Crippen molar-refractivity contribution in [3.63, 3.8) is 0 Å². The zero-order valence-electron chi connectivity index (χ0n) is 12.6. The Bertz CT molecular complexity index is 693. The van der Waals surface area contributed by atoms with Crippen LogP contribution in [0.2, 0.25) is 0 Å². The predicted octanol–water partition coefficient (Wildman–Crippen LogP) is 0.558. The quantitative estimate of drug-likeness (QED) is 0.590. The normalized spacial score (nSPS) is 14.7. The van der Waals surface area contributed by atoms with Crippen LogP contribution in [-0.2, 0) is 14.3 Å². The van der Waals surface area contributed by atoms with Gasteiger partial charge in [0, 0.05) is 32.4 Å². The first-order chi connectivity index (χ1) is 11.2. The Hall–Kier alpha value is -2.90. The molecule has 0 aliphatic carbocycles. The molecule has 0 saturated carbocycles. The number of anilines is 1. The second kappa shape index (κ2) is 6.47. The van der Waals surface area contributed by atoms with Gasteiger partial charge in [0.15, 0.2) is 5.76 Å². The number of piperazine rings is 1. The van der Waals surface area contributed by atoms with E-state index in [2.05, 4.69) is 14.7 Å². The SMILES string of the molecule is COC(=O)C(=O)N1CCN(c2nccc(-c3ccco3)n2)CC1. The molecule has 2 aromatic rings. The molecule has 0 spiro atoms. The number of aromatic nitrogens is 2. The Labute approximate surface area is 132 Å². The highest BCUT2D eigenvalue weighted by atomic mass is 16.5. The number of ether oxygens (including phenoxy) is 1. The smallest absolute Gasteiger partial charge is 0.396 e. The topological polar surface area (TPSA) is 88.8 Å². The average Bonchev–Trinajstić information content (AvgIpc) is 3.15. The second-order valence-electron chi connectivity index (χ2n) is 4.99. The highest BCUT2D eigenvalue weighted by Crippen LogP contribution is 2.20. The molecule has 8 nitrogen and oxygen atoms in total. The Kier molecular flexibility index (Phi) is 4.22. The van der Waals surface area contributed by atoms with E-state index in [1.807, 2.05) is 11.0 Å². The number of carbonyl (C=O) groups is 2. The molecule has 1 amide bonds. The summed E-state index contributed by atoms with van der Waals surface area (Å²) in [4.78, 5) is 35.2. The third-order valence-electron chi connectivity index (χ3n) is 3.63. The number of hydrogen-bond acceptors (Lipinski definition) is 7. The van der Waals surface area contributed by atoms with Crippen molar-refractivity contribution in [3.8, 4) is 11.5 Å². The predicted molar refractivity (Wildman–Crippen MR) is 80.5 cm³/mol. The number of amides is 1. The van der Waals surface area contributed by atoms with Gasteiger partial charge >= 0.3 is 11.9 Å². The van der Waals surface area contributed by atoms with Gasteiger partial charge in [-0.15, -0.1) is 0 Å². The number of hydrogen-bond donors (Lipinski definition) is 0. The maximum atomic E-state index is 11.8. The summed E-state index contributed by atoms with van der Waals surface area (Å²) in [6.45, 7) is 1.93. The highest BCUT2D eigenvalue weighted by Gasteiger charge is 2.27. The van der Waals surface area contributed by atoms with E-state index >= 15 is 0 Å². The van der Waals surface area contributed by atoms with Gasteiger partial charge < -0.3 is 19.0 Å². The van der Waals surface area contributed by atoms with Crippen molar-refractivity contribution in [3.05, 3.63) is 30.7 Å². The summed E-state index contributed by atoms with van der Waals surface area (Å²) < 4.78 is 9.79. The molecule has 1 fully saturated rings. The molecule has 8 heteroatoms. The van der Waals surface area contributed by atoms with E-state index in [0.29, 0.717) is 43.6 Å². The first kappa shape index (κ1) is 15.0. The number of methoxy groups -OCH3 is 1. The fraction of sp³-hybridized carbons (Fsp3) is 0.333. The molecule has 0 N–H and O–H groups in total. The summed E-state index contributed by atoms with van der Waals surface area (Å²) in [6, 6.07) is 5.41. The van der Waals surface area contributed by atoms with Gasteiger partial charge in [0.2, 0.25) is 5.95 Å². The first-order valence-electron chi connectivity index (χ1n) is 7.18. The van der Waals surface area contributed by atoms with Crippen molar-refractivity contribution >= 4 is 17.8 Å². The molecule has 1 aliphatic rings. The van der Waals surface area contributed by atoms with Gasteiger partial charge in [0.25, 0.3) is 0 Å². The van der Waals surface area contributed by atoms with E-state index < -0.39 is 11.9 Å². The largest absolute Gasteiger partial charge is 0.463 e. The lowest BCUT2D eigenvalue weighted by molar-refractivity contribution is -0.158. The first-order valence-corrected chi connectivity index (χ1v) is 7.18. The van der Waals surface area contributed by atoms with Crippen LogP contribution in [0.25, 0.3) is 11.5 Å². The number of nitrogens with zero attached hydrogens (tertiary/aromatic N) is 4. The third-order valence-corrected chi connectivity index (χ3v) is 3.63. The van der Waals surface area contributed by atoms with Crippen LogP contribution in [0.4, 0.5) is 5.95 Å². The van der Waals surface area contributed by atoms with E-state index in [1.54, 1.807) is 24.6 Å². The molecule has 0 unspecified atom stereocenters. The zero-order chi connectivity index (χ0) is 16.2. The zero-order valence-corrected chi connectivity index (χ0v) is 12.6. The van der Waals surface area contributed by atoms with Crippen molar-refractivity contribution in [2.45, 2.75) is 0 Å². The molecule has 0 atom stereocenters. The van der Waals surface area contributed by atoms with Crippen molar-refractivity contribution in [1.29, 1.82) is 0 Å². The maximum Gasteiger partial charge on any atom is 0.396 e. The molecule has 3 heterocycles. The molecule has 3 rings (SSSR count). The maximum absolute atomic E-state index is 11.8. The molecule has 120 valence electrons. The van der Waals surface area contributed by atoms with E-state index in [0.717, 1.165) is 0 Å². The summed E-state index contributed by atoms with van der Waals surface area (Å²) in [7, 11) is 1.20. The van der Waals surface area contributed by atoms with Gasteiger partial charge in [-0.05, 0) is 18.2 Å². The Morgan fingerprint density at radius 1 is 1.22 bits per heavy atom. The number of furan rings is 1. The monoisotopic (exact) mass is 316 g/mol. The van der Waals surface area contributed by atoms with Crippen LogP contribution in [0.1, 0.15) is 0 Å². The Morgan fingerprint density at radius 2 is 2.00 bits per heavy atom. The van der Waals surface area contributed by atoms with Crippen LogP contribution in [0.15, 0.2) is 35.1 Å². The average molecular weight is 316 g/mol. The van der Waals surface area contributed by atoms with Crippen molar-refractivity contribution in [2.24, 2.45) is 0 Å². The molecule has 1 saturated heterocycles. The van der Waals surface area contributed by atoms with Crippen LogP contribution in [0, 0.1) is 0 Å². The minimum atomic E-state index is -0.838. The molecule has 0 radical (unpaired) electrons. The number of rotatable bonds is 2. The minimum Gasteiger partial charge on any atom is -0.463 e. The standard InChI is InChI=1S/C15H16N4O4/c1-22-14(21)13(20)18-6-8-19(9-7-18)15-16-5-4-11(17-15)12-3-2-10-23-12/h2-5,10H,6-9H2,1H3. The van der Waals surface area contributed by atoms with Crippen LogP contribution in [-0.4, -0.2) is 60.0 Å². The third kappa shape index (κ3) is 3.15. The van der Waals surface area contributed by atoms with Crippen molar-refractivity contribution in [2.75, 3.05) is 38.2 Å². The summed E-state index contributed by atoms with van der Waals surface area (Å²) in [5.74, 6) is -0.204. The van der Waals surface area contributed by atoms with Gasteiger partial charge in [-0.2, -0.15) is 0 Å². The summed E-state index contributed by atoms with van der Waals surface area (Å²) in [5, 5.41) is 0. The fourth-order valence-electron chi connectivity index (χ4n) is 2.39. The lowest BCUT2D eigenvalue weighted by atomic mass is 10.3. The second-order valence-corrected chi connectivity index (χ2v) is 4.99. The summed E-state index contributed by atoms with van der Waals surface area (Å²) >= 11 is 0. The summed E-state index contributed by atoms with van der Waals surface area (Å²) in [6.07, 6.45) is 3.26. The van der Waals surface area contributed by atoms with Gasteiger partial charge in [-0.3, -0.25) is 4.79 Å². The lowest BCUT2D eigenvalue weighted by Gasteiger charge is -2.34. The Balaban J connectivity index is 1.67. The Morgan fingerprint density at radius 3 is 2.65 bits per heavy atom.